The lowest BCUT2D eigenvalue weighted by Crippen LogP contribution is -3.00. The fourth-order valence-corrected chi connectivity index (χ4v) is 1.32. The lowest BCUT2D eigenvalue weighted by molar-refractivity contribution is -0.697. The number of rotatable bonds is 5. The molecule has 1 N–H and O–H groups in total. The molecule has 16 heavy (non-hydrogen) atoms. The van der Waals surface area contributed by atoms with Crippen molar-refractivity contribution in [2.75, 3.05) is 13.7 Å². The summed E-state index contributed by atoms with van der Waals surface area (Å²) in [6, 6.07) is -0.314. The molecule has 1 aromatic rings. The van der Waals surface area contributed by atoms with Crippen LogP contribution in [0.3, 0.4) is 0 Å². The SMILES string of the molecule is COC(=O)C(C)n1cc[n+](CCCO)c1.[Br-]. The van der Waals surface area contributed by atoms with Crippen LogP contribution in [0.4, 0.5) is 0 Å². The van der Waals surface area contributed by atoms with Gasteiger partial charge < -0.3 is 26.8 Å². The zero-order valence-electron chi connectivity index (χ0n) is 9.47. The van der Waals surface area contributed by atoms with Crippen LogP contribution < -0.4 is 21.5 Å². The summed E-state index contributed by atoms with van der Waals surface area (Å²) in [6.07, 6.45) is 6.23. The Morgan fingerprint density at radius 1 is 1.62 bits per heavy atom. The van der Waals surface area contributed by atoms with Gasteiger partial charge in [-0.05, 0) is 6.92 Å². The van der Waals surface area contributed by atoms with Crippen LogP contribution in [0.15, 0.2) is 18.7 Å². The molecule has 0 spiro atoms. The van der Waals surface area contributed by atoms with E-state index in [0.717, 1.165) is 6.54 Å². The van der Waals surface area contributed by atoms with E-state index in [1.165, 1.54) is 7.11 Å². The zero-order chi connectivity index (χ0) is 11.3. The van der Waals surface area contributed by atoms with Crippen molar-refractivity contribution in [1.29, 1.82) is 0 Å². The highest BCUT2D eigenvalue weighted by Gasteiger charge is 2.20. The Morgan fingerprint density at radius 3 is 2.88 bits per heavy atom. The maximum atomic E-state index is 11.2. The number of aliphatic hydroxyl groups excluding tert-OH is 1. The maximum absolute atomic E-state index is 11.2. The van der Waals surface area contributed by atoms with Crippen molar-refractivity contribution < 1.29 is 36.2 Å². The summed E-state index contributed by atoms with van der Waals surface area (Å²) in [5.74, 6) is -0.264. The lowest BCUT2D eigenvalue weighted by Gasteiger charge is -2.04. The predicted octanol–water partition coefficient (Wildman–Crippen LogP) is -3.10. The third-order valence-electron chi connectivity index (χ3n) is 2.28. The molecule has 0 bridgehead atoms. The Kier molecular flexibility index (Phi) is 7.00. The van der Waals surface area contributed by atoms with E-state index in [1.54, 1.807) is 11.5 Å². The van der Waals surface area contributed by atoms with Crippen molar-refractivity contribution in [2.45, 2.75) is 25.9 Å². The second-order valence-corrected chi connectivity index (χ2v) is 3.37. The maximum Gasteiger partial charge on any atom is 0.351 e. The smallest absolute Gasteiger partial charge is 0.351 e. The normalized spacial score (nSPS) is 11.7. The van der Waals surface area contributed by atoms with Crippen molar-refractivity contribution >= 4 is 5.97 Å². The van der Waals surface area contributed by atoms with Crippen molar-refractivity contribution in [1.82, 2.24) is 4.57 Å². The first-order valence-electron chi connectivity index (χ1n) is 4.94. The fraction of sp³-hybridized carbons (Fsp3) is 0.600. The van der Waals surface area contributed by atoms with E-state index in [-0.39, 0.29) is 35.6 Å². The van der Waals surface area contributed by atoms with Gasteiger partial charge in [-0.1, -0.05) is 0 Å². The summed E-state index contributed by atoms with van der Waals surface area (Å²) >= 11 is 0. The molecule has 92 valence electrons. The average molecular weight is 293 g/mol. The van der Waals surface area contributed by atoms with Gasteiger partial charge in [0, 0.05) is 13.0 Å². The van der Waals surface area contributed by atoms with Crippen molar-refractivity contribution in [3.8, 4) is 0 Å². The summed E-state index contributed by atoms with van der Waals surface area (Å²) in [5, 5.41) is 8.68. The number of methoxy groups -OCH3 is 1. The number of halogens is 1. The van der Waals surface area contributed by atoms with Gasteiger partial charge in [-0.2, -0.15) is 0 Å². The molecule has 0 aromatic carbocycles. The van der Waals surface area contributed by atoms with Gasteiger partial charge in [0.25, 0.3) is 0 Å². The number of carbonyl (C=O) groups is 1. The number of nitrogens with zero attached hydrogens (tertiary/aromatic N) is 2. The third kappa shape index (κ3) is 3.94. The molecule has 1 unspecified atom stereocenters. The molecule has 1 aromatic heterocycles. The first-order valence-corrected chi connectivity index (χ1v) is 4.94. The molecule has 0 aliphatic rings. The van der Waals surface area contributed by atoms with Gasteiger partial charge in [-0.3, -0.25) is 0 Å². The first kappa shape index (κ1) is 15.1. The van der Waals surface area contributed by atoms with E-state index in [4.69, 9.17) is 5.11 Å². The number of ether oxygens (including phenoxy) is 1. The van der Waals surface area contributed by atoms with Gasteiger partial charge in [-0.25, -0.2) is 13.9 Å². The monoisotopic (exact) mass is 292 g/mol. The molecule has 1 rings (SSSR count). The lowest BCUT2D eigenvalue weighted by atomic mass is 10.3. The van der Waals surface area contributed by atoms with E-state index in [1.807, 2.05) is 23.3 Å². The highest BCUT2D eigenvalue weighted by molar-refractivity contribution is 5.73. The number of aromatic nitrogens is 2. The van der Waals surface area contributed by atoms with Crippen molar-refractivity contribution in [3.05, 3.63) is 18.7 Å². The summed E-state index contributed by atoms with van der Waals surface area (Å²) in [6.45, 7) is 2.70. The van der Waals surface area contributed by atoms with Gasteiger partial charge in [0.2, 0.25) is 6.33 Å². The molecule has 0 saturated heterocycles. The van der Waals surface area contributed by atoms with E-state index in [0.29, 0.717) is 6.42 Å². The minimum absolute atomic E-state index is 0. The first-order chi connectivity index (χ1) is 7.19. The molecular weight excluding hydrogens is 276 g/mol. The van der Waals surface area contributed by atoms with Gasteiger partial charge in [-0.15, -0.1) is 0 Å². The number of hydrogen-bond acceptors (Lipinski definition) is 3. The summed E-state index contributed by atoms with van der Waals surface area (Å²) in [5.41, 5.74) is 0. The largest absolute Gasteiger partial charge is 1.00 e. The summed E-state index contributed by atoms with van der Waals surface area (Å²) in [4.78, 5) is 11.2. The molecule has 5 nitrogen and oxygen atoms in total. The summed E-state index contributed by atoms with van der Waals surface area (Å²) < 4.78 is 8.35. The highest BCUT2D eigenvalue weighted by atomic mass is 79.9. The Balaban J connectivity index is 0.00000225. The topological polar surface area (TPSA) is 55.3 Å². The Labute approximate surface area is 105 Å². The van der Waals surface area contributed by atoms with E-state index < -0.39 is 0 Å². The fourth-order valence-electron chi connectivity index (χ4n) is 1.32. The molecule has 0 amide bonds. The second kappa shape index (κ2) is 7.40. The molecule has 0 fully saturated rings. The number of esters is 1. The number of imidazole rings is 1. The van der Waals surface area contributed by atoms with Crippen LogP contribution in [0.25, 0.3) is 0 Å². The Bertz CT molecular complexity index is 328. The van der Waals surface area contributed by atoms with Crippen LogP contribution in [-0.4, -0.2) is 29.4 Å². The molecule has 0 aliphatic heterocycles. The minimum atomic E-state index is -0.314. The van der Waals surface area contributed by atoms with Crippen LogP contribution in [0.1, 0.15) is 19.4 Å². The molecule has 0 radical (unpaired) electrons. The van der Waals surface area contributed by atoms with Gasteiger partial charge in [0.1, 0.15) is 12.4 Å². The average Bonchev–Trinajstić information content (AvgIpc) is 2.72. The predicted molar refractivity (Wildman–Crippen MR) is 53.1 cm³/mol. The quantitative estimate of drug-likeness (QED) is 0.462. The third-order valence-corrected chi connectivity index (χ3v) is 2.28. The van der Waals surface area contributed by atoms with E-state index >= 15 is 0 Å². The molecule has 1 heterocycles. The Morgan fingerprint density at radius 2 is 2.31 bits per heavy atom. The van der Waals surface area contributed by atoms with Gasteiger partial charge >= 0.3 is 5.97 Å². The van der Waals surface area contributed by atoms with Gasteiger partial charge in [0.15, 0.2) is 6.04 Å². The number of aliphatic hydroxyl groups is 1. The standard InChI is InChI=1S/C10H17N2O3.BrH/c1-9(10(14)15-2)12-6-5-11(8-12)4-3-7-13;/h5-6,8-9,13H,3-4,7H2,1-2H3;1H/q+1;/p-1. The highest BCUT2D eigenvalue weighted by Crippen LogP contribution is 2.05. The van der Waals surface area contributed by atoms with Gasteiger partial charge in [0.05, 0.1) is 13.7 Å². The zero-order valence-corrected chi connectivity index (χ0v) is 11.1. The molecule has 6 heteroatoms. The minimum Gasteiger partial charge on any atom is -1.00 e. The molecule has 1 atom stereocenters. The number of hydrogen-bond donors (Lipinski definition) is 1. The van der Waals surface area contributed by atoms with Crippen LogP contribution in [0, 0.1) is 0 Å². The van der Waals surface area contributed by atoms with Crippen molar-refractivity contribution in [2.24, 2.45) is 0 Å². The summed E-state index contributed by atoms with van der Waals surface area (Å²) in [7, 11) is 1.38. The number of aryl methyl sites for hydroxylation is 1. The van der Waals surface area contributed by atoms with Crippen LogP contribution in [-0.2, 0) is 16.1 Å². The molecular formula is C10H17BrN2O3. The van der Waals surface area contributed by atoms with Crippen LogP contribution in [0.5, 0.6) is 0 Å². The number of carbonyl (C=O) groups excluding carboxylic acids is 1. The van der Waals surface area contributed by atoms with E-state index in [9.17, 15) is 4.79 Å². The molecule has 0 saturated carbocycles. The van der Waals surface area contributed by atoms with Crippen LogP contribution >= 0.6 is 0 Å². The second-order valence-electron chi connectivity index (χ2n) is 3.37. The van der Waals surface area contributed by atoms with Crippen LogP contribution in [0.2, 0.25) is 0 Å². The van der Waals surface area contributed by atoms with Crippen molar-refractivity contribution in [3.63, 3.8) is 0 Å². The van der Waals surface area contributed by atoms with E-state index in [2.05, 4.69) is 4.74 Å². The molecule has 0 aliphatic carbocycles. The Hall–Kier alpha value is -0.880.